The SMILES string of the molecule is COC[C@H]1CN(C(=O)c2ccoc2)Cc2ncn(CC3CC3)c21. The molecule has 0 aromatic carbocycles. The van der Waals surface area contributed by atoms with Crippen molar-refractivity contribution in [2.45, 2.75) is 31.8 Å². The van der Waals surface area contributed by atoms with Crippen LogP contribution in [-0.2, 0) is 17.8 Å². The van der Waals surface area contributed by atoms with Crippen LogP contribution in [0.1, 0.15) is 40.5 Å². The van der Waals surface area contributed by atoms with Gasteiger partial charge < -0.3 is 18.6 Å². The minimum Gasteiger partial charge on any atom is -0.472 e. The fourth-order valence-corrected chi connectivity index (χ4v) is 3.40. The quantitative estimate of drug-likeness (QED) is 0.849. The second-order valence-corrected chi connectivity index (χ2v) is 6.52. The number of carbonyl (C=O) groups excluding carboxylic acids is 1. The summed E-state index contributed by atoms with van der Waals surface area (Å²) in [6.07, 6.45) is 7.58. The Bertz CT molecular complexity index is 688. The predicted octanol–water partition coefficient (Wildman–Crippen LogP) is 2.27. The molecule has 0 saturated heterocycles. The molecule has 2 aromatic rings. The molecule has 6 heteroatoms. The second kappa shape index (κ2) is 5.85. The van der Waals surface area contributed by atoms with E-state index in [1.54, 1.807) is 13.2 Å². The summed E-state index contributed by atoms with van der Waals surface area (Å²) in [6, 6.07) is 1.70. The van der Waals surface area contributed by atoms with E-state index in [-0.39, 0.29) is 11.8 Å². The molecule has 0 radical (unpaired) electrons. The average Bonchev–Trinajstić information content (AvgIpc) is 3.04. The average molecular weight is 315 g/mol. The second-order valence-electron chi connectivity index (χ2n) is 6.52. The number of carbonyl (C=O) groups is 1. The van der Waals surface area contributed by atoms with E-state index in [2.05, 4.69) is 9.55 Å². The fraction of sp³-hybridized carbons (Fsp3) is 0.529. The van der Waals surface area contributed by atoms with Crippen LogP contribution in [0.15, 0.2) is 29.3 Å². The molecule has 1 fully saturated rings. The van der Waals surface area contributed by atoms with Gasteiger partial charge in [0.25, 0.3) is 5.91 Å². The Morgan fingerprint density at radius 2 is 2.35 bits per heavy atom. The van der Waals surface area contributed by atoms with E-state index in [4.69, 9.17) is 9.15 Å². The van der Waals surface area contributed by atoms with Crippen molar-refractivity contribution in [1.82, 2.24) is 14.5 Å². The van der Waals surface area contributed by atoms with Crippen LogP contribution in [0.4, 0.5) is 0 Å². The number of fused-ring (bicyclic) bond motifs is 1. The molecule has 2 aromatic heterocycles. The van der Waals surface area contributed by atoms with Crippen LogP contribution in [0.3, 0.4) is 0 Å². The number of furan rings is 1. The Morgan fingerprint density at radius 1 is 1.48 bits per heavy atom. The maximum atomic E-state index is 12.6. The van der Waals surface area contributed by atoms with Crippen molar-refractivity contribution in [2.24, 2.45) is 5.92 Å². The summed E-state index contributed by atoms with van der Waals surface area (Å²) in [6.45, 7) is 2.84. The summed E-state index contributed by atoms with van der Waals surface area (Å²) < 4.78 is 12.7. The number of methoxy groups -OCH3 is 1. The number of amides is 1. The molecule has 0 bridgehead atoms. The first-order chi connectivity index (χ1) is 11.3. The highest BCUT2D eigenvalue weighted by molar-refractivity contribution is 5.94. The third-order valence-electron chi connectivity index (χ3n) is 4.70. The van der Waals surface area contributed by atoms with Crippen molar-refractivity contribution in [3.63, 3.8) is 0 Å². The zero-order valence-corrected chi connectivity index (χ0v) is 13.3. The van der Waals surface area contributed by atoms with Gasteiger partial charge in [-0.3, -0.25) is 4.79 Å². The van der Waals surface area contributed by atoms with Crippen LogP contribution >= 0.6 is 0 Å². The van der Waals surface area contributed by atoms with Gasteiger partial charge in [0.05, 0.1) is 37.0 Å². The zero-order valence-electron chi connectivity index (χ0n) is 13.3. The van der Waals surface area contributed by atoms with Gasteiger partial charge in [0, 0.05) is 31.8 Å². The minimum atomic E-state index is -0.0118. The lowest BCUT2D eigenvalue weighted by atomic mass is 9.98. The normalized spacial score (nSPS) is 20.6. The van der Waals surface area contributed by atoms with Crippen molar-refractivity contribution in [2.75, 3.05) is 20.3 Å². The molecule has 6 nitrogen and oxygen atoms in total. The topological polar surface area (TPSA) is 60.5 Å². The number of imidazole rings is 1. The molecule has 0 N–H and O–H groups in total. The zero-order chi connectivity index (χ0) is 15.8. The van der Waals surface area contributed by atoms with E-state index in [9.17, 15) is 4.79 Å². The lowest BCUT2D eigenvalue weighted by molar-refractivity contribution is 0.0671. The molecule has 0 unspecified atom stereocenters. The van der Waals surface area contributed by atoms with Crippen LogP contribution in [0.5, 0.6) is 0 Å². The summed E-state index contributed by atoms with van der Waals surface area (Å²) in [4.78, 5) is 19.0. The molecule has 1 amide bonds. The molecule has 3 heterocycles. The largest absolute Gasteiger partial charge is 0.472 e. The van der Waals surface area contributed by atoms with Gasteiger partial charge in [0.1, 0.15) is 6.26 Å². The molecule has 0 spiro atoms. The Balaban J connectivity index is 1.60. The smallest absolute Gasteiger partial charge is 0.257 e. The maximum absolute atomic E-state index is 12.6. The molecule has 1 saturated carbocycles. The highest BCUT2D eigenvalue weighted by Gasteiger charge is 2.34. The van der Waals surface area contributed by atoms with E-state index >= 15 is 0 Å². The van der Waals surface area contributed by atoms with Crippen molar-refractivity contribution in [1.29, 1.82) is 0 Å². The van der Waals surface area contributed by atoms with E-state index in [0.717, 1.165) is 18.2 Å². The van der Waals surface area contributed by atoms with Gasteiger partial charge in [-0.25, -0.2) is 4.98 Å². The number of nitrogens with zero attached hydrogens (tertiary/aromatic N) is 3. The van der Waals surface area contributed by atoms with Gasteiger partial charge in [-0.2, -0.15) is 0 Å². The Hall–Kier alpha value is -2.08. The highest BCUT2D eigenvalue weighted by atomic mass is 16.5. The summed E-state index contributed by atoms with van der Waals surface area (Å²) in [5.41, 5.74) is 2.83. The first-order valence-electron chi connectivity index (χ1n) is 8.10. The van der Waals surface area contributed by atoms with Crippen LogP contribution in [0.25, 0.3) is 0 Å². The fourth-order valence-electron chi connectivity index (χ4n) is 3.40. The third-order valence-corrected chi connectivity index (χ3v) is 4.70. The summed E-state index contributed by atoms with van der Waals surface area (Å²) in [5, 5.41) is 0. The van der Waals surface area contributed by atoms with Crippen LogP contribution in [0, 0.1) is 5.92 Å². The number of ether oxygens (including phenoxy) is 1. The van der Waals surface area contributed by atoms with Crippen molar-refractivity contribution in [3.05, 3.63) is 41.9 Å². The molecule has 2 aliphatic rings. The van der Waals surface area contributed by atoms with Crippen LogP contribution < -0.4 is 0 Å². The molecule has 23 heavy (non-hydrogen) atoms. The number of hydrogen-bond donors (Lipinski definition) is 0. The Morgan fingerprint density at radius 3 is 3.04 bits per heavy atom. The molecule has 1 aliphatic carbocycles. The molecule has 122 valence electrons. The maximum Gasteiger partial charge on any atom is 0.257 e. The van der Waals surface area contributed by atoms with Gasteiger partial charge in [0.2, 0.25) is 0 Å². The lowest BCUT2D eigenvalue weighted by Gasteiger charge is -2.32. The molecule has 1 aliphatic heterocycles. The van der Waals surface area contributed by atoms with E-state index in [0.29, 0.717) is 25.3 Å². The van der Waals surface area contributed by atoms with E-state index < -0.39 is 0 Å². The minimum absolute atomic E-state index is 0.0118. The number of hydrogen-bond acceptors (Lipinski definition) is 4. The Kier molecular flexibility index (Phi) is 3.69. The molecular weight excluding hydrogens is 294 g/mol. The molecule has 1 atom stereocenters. The van der Waals surface area contributed by atoms with E-state index in [1.165, 1.54) is 31.1 Å². The number of aromatic nitrogens is 2. The summed E-state index contributed by atoms with van der Waals surface area (Å²) in [5.74, 6) is 0.949. The van der Waals surface area contributed by atoms with Gasteiger partial charge >= 0.3 is 0 Å². The molecular formula is C17H21N3O3. The predicted molar refractivity (Wildman–Crippen MR) is 83.0 cm³/mol. The van der Waals surface area contributed by atoms with Crippen molar-refractivity contribution < 1.29 is 13.9 Å². The summed E-state index contributed by atoms with van der Waals surface area (Å²) in [7, 11) is 1.71. The van der Waals surface area contributed by atoms with Crippen LogP contribution in [0.2, 0.25) is 0 Å². The first-order valence-corrected chi connectivity index (χ1v) is 8.10. The van der Waals surface area contributed by atoms with E-state index in [1.807, 2.05) is 11.2 Å². The van der Waals surface area contributed by atoms with Crippen molar-refractivity contribution >= 4 is 5.91 Å². The highest BCUT2D eigenvalue weighted by Crippen LogP contribution is 2.34. The third kappa shape index (κ3) is 2.79. The standard InChI is InChI=1S/C17H21N3O3/c1-22-9-14-7-19(17(21)13-4-5-23-10-13)8-15-16(14)20(11-18-15)6-12-2-3-12/h4-5,10-12,14H,2-3,6-9H2,1H3/t14-/m1/s1. The molecule has 4 rings (SSSR count). The first kappa shape index (κ1) is 14.5. The van der Waals surface area contributed by atoms with Crippen molar-refractivity contribution in [3.8, 4) is 0 Å². The van der Waals surface area contributed by atoms with Gasteiger partial charge in [-0.15, -0.1) is 0 Å². The Labute approximate surface area is 135 Å². The van der Waals surface area contributed by atoms with Gasteiger partial charge in [-0.05, 0) is 24.8 Å². The number of rotatable bonds is 5. The summed E-state index contributed by atoms with van der Waals surface area (Å²) >= 11 is 0. The lowest BCUT2D eigenvalue weighted by Crippen LogP contribution is -2.40. The van der Waals surface area contributed by atoms with Gasteiger partial charge in [-0.1, -0.05) is 0 Å². The van der Waals surface area contributed by atoms with Gasteiger partial charge in [0.15, 0.2) is 0 Å². The van der Waals surface area contributed by atoms with Crippen LogP contribution in [-0.4, -0.2) is 40.6 Å². The monoisotopic (exact) mass is 315 g/mol.